The minimum absolute atomic E-state index is 0.00575. The van der Waals surface area contributed by atoms with E-state index >= 15 is 0 Å². The largest absolute Gasteiger partial charge is 0.305 e. The second kappa shape index (κ2) is 4.35. The molecule has 0 aliphatic heterocycles. The second-order valence-corrected chi connectivity index (χ2v) is 4.00. The van der Waals surface area contributed by atoms with Crippen LogP contribution in [0.3, 0.4) is 0 Å². The van der Waals surface area contributed by atoms with Crippen LogP contribution in [-0.4, -0.2) is 15.0 Å². The topological polar surface area (TPSA) is 82.4 Å². The van der Waals surface area contributed by atoms with Gasteiger partial charge in [0.25, 0.3) is 5.56 Å². The molecule has 0 aliphatic rings. The summed E-state index contributed by atoms with van der Waals surface area (Å²) >= 11 is 0. The number of nitrogens with one attached hydrogen (secondary N) is 1. The third kappa shape index (κ3) is 1.96. The lowest BCUT2D eigenvalue weighted by atomic mass is 10.1. The quantitative estimate of drug-likeness (QED) is 0.712. The summed E-state index contributed by atoms with van der Waals surface area (Å²) in [4.78, 5) is 22.5. The molecule has 90 valence electrons. The van der Waals surface area contributed by atoms with E-state index in [1.807, 2.05) is 30.3 Å². The van der Waals surface area contributed by atoms with Gasteiger partial charge in [0.2, 0.25) is 0 Å². The van der Waals surface area contributed by atoms with Gasteiger partial charge in [-0.3, -0.25) is 9.78 Å². The van der Waals surface area contributed by atoms with Gasteiger partial charge < -0.3 is 4.98 Å². The van der Waals surface area contributed by atoms with Crippen LogP contribution in [0, 0.1) is 11.3 Å². The SMILES string of the molecule is N#Cc1cnc(-c2ccc3ncccc3c2)[nH]c1=O. The van der Waals surface area contributed by atoms with Gasteiger partial charge in [-0.05, 0) is 24.3 Å². The normalized spacial score (nSPS) is 10.3. The number of aromatic amines is 1. The molecule has 2 aromatic heterocycles. The zero-order chi connectivity index (χ0) is 13.2. The number of hydrogen-bond donors (Lipinski definition) is 1. The van der Waals surface area contributed by atoms with Crippen molar-refractivity contribution in [2.45, 2.75) is 0 Å². The van der Waals surface area contributed by atoms with Gasteiger partial charge in [-0.15, -0.1) is 0 Å². The molecule has 19 heavy (non-hydrogen) atoms. The maximum absolute atomic E-state index is 11.6. The van der Waals surface area contributed by atoms with Crippen LogP contribution in [0.5, 0.6) is 0 Å². The minimum atomic E-state index is -0.432. The Labute approximate surface area is 108 Å². The van der Waals surface area contributed by atoms with Crippen LogP contribution in [0.1, 0.15) is 5.56 Å². The number of rotatable bonds is 1. The van der Waals surface area contributed by atoms with Gasteiger partial charge in [0, 0.05) is 17.1 Å². The molecule has 0 bridgehead atoms. The lowest BCUT2D eigenvalue weighted by molar-refractivity contribution is 1.11. The van der Waals surface area contributed by atoms with Crippen molar-refractivity contribution in [2.75, 3.05) is 0 Å². The molecule has 5 heteroatoms. The molecule has 0 saturated carbocycles. The van der Waals surface area contributed by atoms with Crippen molar-refractivity contribution in [3.63, 3.8) is 0 Å². The van der Waals surface area contributed by atoms with E-state index in [1.165, 1.54) is 6.20 Å². The molecule has 0 fully saturated rings. The van der Waals surface area contributed by atoms with E-state index in [1.54, 1.807) is 12.3 Å². The van der Waals surface area contributed by atoms with Crippen LogP contribution < -0.4 is 5.56 Å². The summed E-state index contributed by atoms with van der Waals surface area (Å²) in [5.74, 6) is 0.440. The number of nitriles is 1. The van der Waals surface area contributed by atoms with Gasteiger partial charge in [-0.2, -0.15) is 5.26 Å². The summed E-state index contributed by atoms with van der Waals surface area (Å²) in [6, 6.07) is 11.2. The summed E-state index contributed by atoms with van der Waals surface area (Å²) in [5.41, 5.74) is 1.23. The molecule has 0 unspecified atom stereocenters. The van der Waals surface area contributed by atoms with Crippen LogP contribution in [0.2, 0.25) is 0 Å². The van der Waals surface area contributed by atoms with Crippen LogP contribution in [-0.2, 0) is 0 Å². The third-order valence-electron chi connectivity index (χ3n) is 2.80. The van der Waals surface area contributed by atoms with Crippen molar-refractivity contribution in [3.8, 4) is 17.5 Å². The lowest BCUT2D eigenvalue weighted by Crippen LogP contribution is -2.11. The molecule has 1 aromatic carbocycles. The Morgan fingerprint density at radius 1 is 1.21 bits per heavy atom. The van der Waals surface area contributed by atoms with Crippen molar-refractivity contribution in [1.82, 2.24) is 15.0 Å². The van der Waals surface area contributed by atoms with E-state index in [0.29, 0.717) is 5.82 Å². The zero-order valence-electron chi connectivity index (χ0n) is 9.79. The predicted octanol–water partition coefficient (Wildman–Crippen LogP) is 1.86. The average Bonchev–Trinajstić information content (AvgIpc) is 2.46. The molecule has 0 spiro atoms. The van der Waals surface area contributed by atoms with Crippen molar-refractivity contribution < 1.29 is 0 Å². The Morgan fingerprint density at radius 3 is 2.89 bits per heavy atom. The molecule has 0 radical (unpaired) electrons. The Balaban J connectivity index is 2.17. The van der Waals surface area contributed by atoms with E-state index < -0.39 is 5.56 Å². The highest BCUT2D eigenvalue weighted by molar-refractivity contribution is 5.82. The number of pyridine rings is 1. The smallest absolute Gasteiger partial charge is 0.269 e. The lowest BCUT2D eigenvalue weighted by Gasteiger charge is -2.02. The van der Waals surface area contributed by atoms with Crippen LogP contribution in [0.15, 0.2) is 47.5 Å². The maximum Gasteiger partial charge on any atom is 0.269 e. The van der Waals surface area contributed by atoms with Crippen LogP contribution in [0.25, 0.3) is 22.3 Å². The summed E-state index contributed by atoms with van der Waals surface area (Å²) < 4.78 is 0. The highest BCUT2D eigenvalue weighted by Gasteiger charge is 2.05. The van der Waals surface area contributed by atoms with Gasteiger partial charge in [-0.1, -0.05) is 6.07 Å². The number of hydrogen-bond acceptors (Lipinski definition) is 4. The second-order valence-electron chi connectivity index (χ2n) is 4.00. The van der Waals surface area contributed by atoms with Crippen molar-refractivity contribution in [3.05, 3.63) is 58.6 Å². The van der Waals surface area contributed by atoms with Gasteiger partial charge in [0.1, 0.15) is 17.5 Å². The highest BCUT2D eigenvalue weighted by Crippen LogP contribution is 2.19. The minimum Gasteiger partial charge on any atom is -0.305 e. The van der Waals surface area contributed by atoms with E-state index in [4.69, 9.17) is 5.26 Å². The first-order valence-corrected chi connectivity index (χ1v) is 5.62. The molecule has 0 amide bonds. The van der Waals surface area contributed by atoms with Crippen LogP contribution >= 0.6 is 0 Å². The summed E-state index contributed by atoms with van der Waals surface area (Å²) in [5, 5.41) is 9.67. The Bertz CT molecular complexity index is 861. The first-order chi connectivity index (χ1) is 9.28. The number of fused-ring (bicyclic) bond motifs is 1. The number of aromatic nitrogens is 3. The summed E-state index contributed by atoms with van der Waals surface area (Å²) in [6.07, 6.45) is 3.01. The molecule has 3 aromatic rings. The first-order valence-electron chi connectivity index (χ1n) is 5.62. The number of benzene rings is 1. The summed E-state index contributed by atoms with van der Waals surface area (Å²) in [7, 11) is 0. The fourth-order valence-corrected chi connectivity index (χ4v) is 1.84. The summed E-state index contributed by atoms with van der Waals surface area (Å²) in [6.45, 7) is 0. The van der Waals surface area contributed by atoms with Crippen LogP contribution in [0.4, 0.5) is 0 Å². The van der Waals surface area contributed by atoms with Crippen molar-refractivity contribution in [1.29, 1.82) is 5.26 Å². The van der Waals surface area contributed by atoms with E-state index in [0.717, 1.165) is 16.5 Å². The Kier molecular flexibility index (Phi) is 2.54. The zero-order valence-corrected chi connectivity index (χ0v) is 9.79. The average molecular weight is 248 g/mol. The van der Waals surface area contributed by atoms with E-state index in [2.05, 4.69) is 15.0 Å². The van der Waals surface area contributed by atoms with Gasteiger partial charge in [0.05, 0.1) is 11.7 Å². The fourth-order valence-electron chi connectivity index (χ4n) is 1.84. The highest BCUT2D eigenvalue weighted by atomic mass is 16.1. The molecule has 0 aliphatic carbocycles. The van der Waals surface area contributed by atoms with Crippen molar-refractivity contribution >= 4 is 10.9 Å². The number of nitrogens with zero attached hydrogens (tertiary/aromatic N) is 3. The van der Waals surface area contributed by atoms with Gasteiger partial charge in [0.15, 0.2) is 0 Å². The molecule has 5 nitrogen and oxygen atoms in total. The molecule has 0 atom stereocenters. The Hall–Kier alpha value is -3.00. The van der Waals surface area contributed by atoms with E-state index in [-0.39, 0.29) is 5.56 Å². The maximum atomic E-state index is 11.6. The predicted molar refractivity (Wildman–Crippen MR) is 70.3 cm³/mol. The standard InChI is InChI=1S/C14H8N4O/c15-7-11-8-17-13(18-14(11)19)10-3-4-12-9(6-10)2-1-5-16-12/h1-6,8H,(H,17,18,19). The third-order valence-corrected chi connectivity index (χ3v) is 2.80. The van der Waals surface area contributed by atoms with Gasteiger partial charge >= 0.3 is 0 Å². The molecule has 3 rings (SSSR count). The molecule has 2 heterocycles. The molecular weight excluding hydrogens is 240 g/mol. The van der Waals surface area contributed by atoms with E-state index in [9.17, 15) is 4.79 Å². The monoisotopic (exact) mass is 248 g/mol. The molecule has 0 saturated heterocycles. The van der Waals surface area contributed by atoms with Crippen molar-refractivity contribution in [2.24, 2.45) is 0 Å². The fraction of sp³-hybridized carbons (Fsp3) is 0. The molecular formula is C14H8N4O. The van der Waals surface area contributed by atoms with Gasteiger partial charge in [-0.25, -0.2) is 4.98 Å². The first kappa shape index (κ1) is 11.1. The Morgan fingerprint density at radius 2 is 2.11 bits per heavy atom. The number of H-pyrrole nitrogens is 1. The molecule has 1 N–H and O–H groups in total.